The highest BCUT2D eigenvalue weighted by Gasteiger charge is 2.14. The third kappa shape index (κ3) is 3.33. The summed E-state index contributed by atoms with van der Waals surface area (Å²) < 4.78 is 5.55. The molecular formula is C13H19NO. The minimum absolute atomic E-state index is 0.440. The quantitative estimate of drug-likeness (QED) is 0.814. The topological polar surface area (TPSA) is 21.3 Å². The fourth-order valence-corrected chi connectivity index (χ4v) is 1.89. The molecule has 0 unspecified atom stereocenters. The van der Waals surface area contributed by atoms with Crippen LogP contribution in [0.3, 0.4) is 0 Å². The Bertz CT molecular complexity index is 288. The molecule has 2 rings (SSSR count). The predicted molar refractivity (Wildman–Crippen MR) is 61.9 cm³/mol. The second-order valence-electron chi connectivity index (χ2n) is 4.25. The van der Waals surface area contributed by atoms with Gasteiger partial charge < -0.3 is 10.1 Å². The minimum atomic E-state index is 0.440. The van der Waals surface area contributed by atoms with Crippen LogP contribution in [-0.2, 0) is 11.3 Å². The largest absolute Gasteiger partial charge is 0.377 e. The molecule has 0 saturated carbocycles. The van der Waals surface area contributed by atoms with E-state index in [2.05, 4.69) is 36.5 Å². The molecular weight excluding hydrogens is 186 g/mol. The molecule has 1 atom stereocenters. The van der Waals surface area contributed by atoms with E-state index in [4.69, 9.17) is 4.74 Å². The zero-order valence-electron chi connectivity index (χ0n) is 9.33. The first-order chi connectivity index (χ1) is 7.34. The summed E-state index contributed by atoms with van der Waals surface area (Å²) in [6.45, 7) is 4.98. The first-order valence-electron chi connectivity index (χ1n) is 5.72. The van der Waals surface area contributed by atoms with E-state index >= 15 is 0 Å². The van der Waals surface area contributed by atoms with Crippen LogP contribution in [0.15, 0.2) is 24.3 Å². The van der Waals surface area contributed by atoms with Gasteiger partial charge in [-0.15, -0.1) is 0 Å². The highest BCUT2D eigenvalue weighted by Crippen LogP contribution is 2.10. The summed E-state index contributed by atoms with van der Waals surface area (Å²) >= 11 is 0. The zero-order valence-corrected chi connectivity index (χ0v) is 9.33. The van der Waals surface area contributed by atoms with Gasteiger partial charge in [-0.3, -0.25) is 0 Å². The van der Waals surface area contributed by atoms with Crippen LogP contribution < -0.4 is 5.32 Å². The lowest BCUT2D eigenvalue weighted by Crippen LogP contribution is -2.25. The normalized spacial score (nSPS) is 20.7. The molecule has 1 aromatic rings. The number of benzene rings is 1. The molecule has 1 saturated heterocycles. The molecule has 0 aliphatic carbocycles. The second kappa shape index (κ2) is 5.29. The van der Waals surface area contributed by atoms with Crippen molar-refractivity contribution in [3.63, 3.8) is 0 Å². The standard InChI is InChI=1S/C13H19NO/c1-11-4-6-12(7-5-11)9-14-10-13-3-2-8-15-13/h4-7,13-14H,2-3,8-10H2,1H3/t13-/m1/s1. The smallest absolute Gasteiger partial charge is 0.0700 e. The highest BCUT2D eigenvalue weighted by molar-refractivity contribution is 5.21. The number of ether oxygens (including phenoxy) is 1. The summed E-state index contributed by atoms with van der Waals surface area (Å²) in [7, 11) is 0. The van der Waals surface area contributed by atoms with Crippen LogP contribution >= 0.6 is 0 Å². The second-order valence-corrected chi connectivity index (χ2v) is 4.25. The third-order valence-corrected chi connectivity index (χ3v) is 2.85. The van der Waals surface area contributed by atoms with Gasteiger partial charge in [-0.25, -0.2) is 0 Å². The van der Waals surface area contributed by atoms with Gasteiger partial charge in [0.1, 0.15) is 0 Å². The molecule has 1 aromatic carbocycles. The van der Waals surface area contributed by atoms with Gasteiger partial charge in [-0.1, -0.05) is 29.8 Å². The molecule has 0 amide bonds. The molecule has 0 aromatic heterocycles. The number of hydrogen-bond acceptors (Lipinski definition) is 2. The summed E-state index contributed by atoms with van der Waals surface area (Å²) in [5.41, 5.74) is 2.66. The minimum Gasteiger partial charge on any atom is -0.377 e. The summed E-state index contributed by atoms with van der Waals surface area (Å²) in [6.07, 6.45) is 2.87. The van der Waals surface area contributed by atoms with E-state index in [0.29, 0.717) is 6.10 Å². The lowest BCUT2D eigenvalue weighted by molar-refractivity contribution is 0.110. The van der Waals surface area contributed by atoms with Crippen molar-refractivity contribution in [3.8, 4) is 0 Å². The Morgan fingerprint density at radius 1 is 1.33 bits per heavy atom. The summed E-state index contributed by atoms with van der Waals surface area (Å²) in [5.74, 6) is 0. The van der Waals surface area contributed by atoms with Crippen LogP contribution in [-0.4, -0.2) is 19.3 Å². The van der Waals surface area contributed by atoms with E-state index in [-0.39, 0.29) is 0 Å². The van der Waals surface area contributed by atoms with Crippen LogP contribution in [0.2, 0.25) is 0 Å². The van der Waals surface area contributed by atoms with Crippen LogP contribution in [0, 0.1) is 6.92 Å². The molecule has 1 heterocycles. The molecule has 1 aliphatic heterocycles. The van der Waals surface area contributed by atoms with Gasteiger partial charge in [-0.2, -0.15) is 0 Å². The third-order valence-electron chi connectivity index (χ3n) is 2.85. The molecule has 15 heavy (non-hydrogen) atoms. The monoisotopic (exact) mass is 205 g/mol. The molecule has 2 nitrogen and oxygen atoms in total. The van der Waals surface area contributed by atoms with E-state index in [1.165, 1.54) is 24.0 Å². The van der Waals surface area contributed by atoms with E-state index in [1.807, 2.05) is 0 Å². The van der Waals surface area contributed by atoms with Crippen LogP contribution in [0.4, 0.5) is 0 Å². The SMILES string of the molecule is Cc1ccc(CNC[C@H]2CCCO2)cc1. The number of aryl methyl sites for hydroxylation is 1. The number of rotatable bonds is 4. The van der Waals surface area contributed by atoms with Gasteiger partial charge in [0.05, 0.1) is 6.10 Å². The lowest BCUT2D eigenvalue weighted by atomic mass is 10.1. The van der Waals surface area contributed by atoms with Gasteiger partial charge in [0.25, 0.3) is 0 Å². The van der Waals surface area contributed by atoms with Crippen molar-refractivity contribution >= 4 is 0 Å². The first kappa shape index (κ1) is 10.7. The van der Waals surface area contributed by atoms with Crippen LogP contribution in [0.5, 0.6) is 0 Å². The molecule has 1 aliphatic rings. The van der Waals surface area contributed by atoms with Gasteiger partial charge in [0.2, 0.25) is 0 Å². The molecule has 1 N–H and O–H groups in total. The van der Waals surface area contributed by atoms with Crippen molar-refractivity contribution in [2.75, 3.05) is 13.2 Å². The van der Waals surface area contributed by atoms with E-state index < -0.39 is 0 Å². The maximum atomic E-state index is 5.55. The molecule has 1 fully saturated rings. The van der Waals surface area contributed by atoms with Crippen molar-refractivity contribution < 1.29 is 4.74 Å². The van der Waals surface area contributed by atoms with Crippen LogP contribution in [0.25, 0.3) is 0 Å². The lowest BCUT2D eigenvalue weighted by Gasteiger charge is -2.10. The average Bonchev–Trinajstić information content (AvgIpc) is 2.74. The van der Waals surface area contributed by atoms with E-state index in [1.54, 1.807) is 0 Å². The molecule has 0 radical (unpaired) electrons. The Labute approximate surface area is 91.6 Å². The Kier molecular flexibility index (Phi) is 3.75. The van der Waals surface area contributed by atoms with E-state index in [0.717, 1.165) is 19.7 Å². The van der Waals surface area contributed by atoms with Gasteiger partial charge in [-0.05, 0) is 25.3 Å². The summed E-state index contributed by atoms with van der Waals surface area (Å²) in [5, 5.41) is 3.44. The number of hydrogen-bond donors (Lipinski definition) is 1. The van der Waals surface area contributed by atoms with Crippen LogP contribution in [0.1, 0.15) is 24.0 Å². The van der Waals surface area contributed by atoms with Gasteiger partial charge >= 0.3 is 0 Å². The van der Waals surface area contributed by atoms with Crippen molar-refractivity contribution in [1.29, 1.82) is 0 Å². The Hall–Kier alpha value is -0.860. The fraction of sp³-hybridized carbons (Fsp3) is 0.538. The van der Waals surface area contributed by atoms with Crippen molar-refractivity contribution in [2.45, 2.75) is 32.4 Å². The highest BCUT2D eigenvalue weighted by atomic mass is 16.5. The molecule has 0 spiro atoms. The van der Waals surface area contributed by atoms with Crippen molar-refractivity contribution in [3.05, 3.63) is 35.4 Å². The average molecular weight is 205 g/mol. The molecule has 0 bridgehead atoms. The maximum Gasteiger partial charge on any atom is 0.0700 e. The summed E-state index contributed by atoms with van der Waals surface area (Å²) in [4.78, 5) is 0. The Morgan fingerprint density at radius 2 is 2.13 bits per heavy atom. The Balaban J connectivity index is 1.71. The predicted octanol–water partition coefficient (Wildman–Crippen LogP) is 2.26. The Morgan fingerprint density at radius 3 is 2.80 bits per heavy atom. The molecule has 2 heteroatoms. The first-order valence-corrected chi connectivity index (χ1v) is 5.72. The zero-order chi connectivity index (χ0) is 10.5. The van der Waals surface area contributed by atoms with Crippen molar-refractivity contribution in [2.24, 2.45) is 0 Å². The van der Waals surface area contributed by atoms with Gasteiger partial charge in [0.15, 0.2) is 0 Å². The maximum absolute atomic E-state index is 5.55. The fourth-order valence-electron chi connectivity index (χ4n) is 1.89. The van der Waals surface area contributed by atoms with Crippen molar-refractivity contribution in [1.82, 2.24) is 5.32 Å². The van der Waals surface area contributed by atoms with E-state index in [9.17, 15) is 0 Å². The van der Waals surface area contributed by atoms with Gasteiger partial charge in [0, 0.05) is 19.7 Å². The number of nitrogens with one attached hydrogen (secondary N) is 1. The summed E-state index contributed by atoms with van der Waals surface area (Å²) in [6, 6.07) is 8.67. The molecule has 82 valence electrons.